The molecule has 0 radical (unpaired) electrons. The number of carbonyl (C=O) groups excluding carboxylic acids is 3. The first kappa shape index (κ1) is 14.0. The molecule has 3 nitrogen and oxygen atoms in total. The van der Waals surface area contributed by atoms with Gasteiger partial charge in [0.2, 0.25) is 5.24 Å². The van der Waals surface area contributed by atoms with E-state index in [2.05, 4.69) is 0 Å². The summed E-state index contributed by atoms with van der Waals surface area (Å²) < 4.78 is 0. The van der Waals surface area contributed by atoms with E-state index in [1.165, 1.54) is 13.8 Å². The van der Waals surface area contributed by atoms with E-state index in [4.69, 9.17) is 11.6 Å². The first-order valence-electron chi connectivity index (χ1n) is 3.88. The lowest BCUT2D eigenvalue weighted by Crippen LogP contribution is -2.25. The van der Waals surface area contributed by atoms with Crippen molar-refractivity contribution >= 4 is 50.6 Å². The summed E-state index contributed by atoms with van der Waals surface area (Å²) in [7, 11) is 0. The van der Waals surface area contributed by atoms with E-state index >= 15 is 0 Å². The van der Waals surface area contributed by atoms with Gasteiger partial charge in [-0.05, 0) is 11.6 Å². The quantitative estimate of drug-likeness (QED) is 0.719. The lowest BCUT2D eigenvalue weighted by atomic mass is 10.3. The van der Waals surface area contributed by atoms with E-state index in [0.717, 1.165) is 23.5 Å². The first-order valence-corrected chi connectivity index (χ1v) is 6.02. The summed E-state index contributed by atoms with van der Waals surface area (Å²) in [5.41, 5.74) is 0. The Balaban J connectivity index is 4.40. The highest BCUT2D eigenvalue weighted by Gasteiger charge is 2.27. The van der Waals surface area contributed by atoms with Gasteiger partial charge in [0.25, 0.3) is 0 Å². The molecule has 2 unspecified atom stereocenters. The smallest absolute Gasteiger partial charge is 0.236 e. The summed E-state index contributed by atoms with van der Waals surface area (Å²) in [6.45, 7) is 4.48. The van der Waals surface area contributed by atoms with E-state index in [1.54, 1.807) is 6.92 Å². The minimum atomic E-state index is -0.650. The Kier molecular flexibility index (Phi) is 6.48. The van der Waals surface area contributed by atoms with Gasteiger partial charge >= 0.3 is 0 Å². The standard InChI is InChI=1S/C8H11ClO3S2/c1-4(13-5(2)10)7(8(9)12)14-6(3)11/h4,7H,1-3H3. The summed E-state index contributed by atoms with van der Waals surface area (Å²) in [5.74, 6) is 0. The van der Waals surface area contributed by atoms with Crippen molar-refractivity contribution in [3.8, 4) is 0 Å². The molecule has 2 atom stereocenters. The van der Waals surface area contributed by atoms with Gasteiger partial charge in [-0.1, -0.05) is 30.4 Å². The SMILES string of the molecule is CC(=O)SC(C)C(SC(C)=O)C(=O)Cl. The highest BCUT2D eigenvalue weighted by atomic mass is 35.5. The summed E-state index contributed by atoms with van der Waals surface area (Å²) >= 11 is 7.21. The molecule has 80 valence electrons. The van der Waals surface area contributed by atoms with Crippen LogP contribution in [-0.4, -0.2) is 26.0 Å². The molecule has 6 heteroatoms. The highest BCUT2D eigenvalue weighted by Crippen LogP contribution is 2.27. The van der Waals surface area contributed by atoms with Crippen LogP contribution in [0.3, 0.4) is 0 Å². The zero-order valence-electron chi connectivity index (χ0n) is 8.07. The number of carbonyl (C=O) groups is 3. The maximum atomic E-state index is 11.0. The second-order valence-electron chi connectivity index (χ2n) is 2.65. The third kappa shape index (κ3) is 5.67. The van der Waals surface area contributed by atoms with Crippen LogP contribution < -0.4 is 0 Å². The van der Waals surface area contributed by atoms with E-state index in [9.17, 15) is 14.4 Å². The van der Waals surface area contributed by atoms with Crippen LogP contribution >= 0.6 is 35.1 Å². The molecule has 0 amide bonds. The zero-order chi connectivity index (χ0) is 11.3. The second-order valence-corrected chi connectivity index (χ2v) is 5.89. The van der Waals surface area contributed by atoms with Gasteiger partial charge in [-0.15, -0.1) is 0 Å². The molecule has 0 N–H and O–H groups in total. The van der Waals surface area contributed by atoms with Crippen molar-refractivity contribution in [3.05, 3.63) is 0 Å². The van der Waals surface area contributed by atoms with Crippen LogP contribution in [0.4, 0.5) is 0 Å². The van der Waals surface area contributed by atoms with E-state index < -0.39 is 10.5 Å². The Labute approximate surface area is 96.3 Å². The average molecular weight is 255 g/mol. The monoisotopic (exact) mass is 254 g/mol. The molecule has 0 bridgehead atoms. The molecular formula is C8H11ClO3S2. The third-order valence-corrected chi connectivity index (χ3v) is 4.02. The van der Waals surface area contributed by atoms with Crippen molar-refractivity contribution in [3.63, 3.8) is 0 Å². The van der Waals surface area contributed by atoms with Crippen molar-refractivity contribution in [1.82, 2.24) is 0 Å². The molecule has 0 aromatic carbocycles. The molecule has 0 heterocycles. The molecule has 0 aromatic heterocycles. The molecular weight excluding hydrogens is 244 g/mol. The Morgan fingerprint density at radius 1 is 1.07 bits per heavy atom. The first-order chi connectivity index (χ1) is 6.34. The molecule has 0 aliphatic carbocycles. The average Bonchev–Trinajstić information content (AvgIpc) is 1.97. The number of hydrogen-bond donors (Lipinski definition) is 0. The molecule has 0 rings (SSSR count). The summed E-state index contributed by atoms with van der Waals surface area (Å²) in [4.78, 5) is 32.6. The zero-order valence-corrected chi connectivity index (χ0v) is 10.5. The maximum Gasteiger partial charge on any atom is 0.236 e. The van der Waals surface area contributed by atoms with Gasteiger partial charge in [-0.2, -0.15) is 0 Å². The predicted octanol–water partition coefficient (Wildman–Crippen LogP) is 2.07. The van der Waals surface area contributed by atoms with Gasteiger partial charge in [0.15, 0.2) is 10.2 Å². The molecule has 0 saturated heterocycles. The van der Waals surface area contributed by atoms with Crippen molar-refractivity contribution in [1.29, 1.82) is 0 Å². The van der Waals surface area contributed by atoms with Crippen LogP contribution in [0.15, 0.2) is 0 Å². The van der Waals surface area contributed by atoms with Crippen LogP contribution in [0, 0.1) is 0 Å². The van der Waals surface area contributed by atoms with Crippen molar-refractivity contribution in [2.75, 3.05) is 0 Å². The number of thioether (sulfide) groups is 2. The van der Waals surface area contributed by atoms with Crippen LogP contribution in [0.5, 0.6) is 0 Å². The number of rotatable bonds is 4. The van der Waals surface area contributed by atoms with E-state index in [1.807, 2.05) is 0 Å². The van der Waals surface area contributed by atoms with Crippen LogP contribution in [0.1, 0.15) is 20.8 Å². The second kappa shape index (κ2) is 6.48. The molecule has 0 fully saturated rings. The predicted molar refractivity (Wildman–Crippen MR) is 60.7 cm³/mol. The maximum absolute atomic E-state index is 11.0. The number of halogens is 1. The van der Waals surface area contributed by atoms with Gasteiger partial charge < -0.3 is 0 Å². The molecule has 0 spiro atoms. The fourth-order valence-electron chi connectivity index (χ4n) is 0.829. The van der Waals surface area contributed by atoms with Crippen LogP contribution in [-0.2, 0) is 14.4 Å². The van der Waals surface area contributed by atoms with E-state index in [-0.39, 0.29) is 15.5 Å². The lowest BCUT2D eigenvalue weighted by Gasteiger charge is -2.16. The molecule has 0 saturated carbocycles. The highest BCUT2D eigenvalue weighted by molar-refractivity contribution is 8.18. The van der Waals surface area contributed by atoms with Crippen LogP contribution in [0.2, 0.25) is 0 Å². The van der Waals surface area contributed by atoms with Gasteiger partial charge in [0.05, 0.1) is 5.25 Å². The van der Waals surface area contributed by atoms with Gasteiger partial charge in [0, 0.05) is 19.1 Å². The fraction of sp³-hybridized carbons (Fsp3) is 0.625. The number of hydrogen-bond acceptors (Lipinski definition) is 5. The largest absolute Gasteiger partial charge is 0.288 e. The molecule has 14 heavy (non-hydrogen) atoms. The topological polar surface area (TPSA) is 51.2 Å². The lowest BCUT2D eigenvalue weighted by molar-refractivity contribution is -0.112. The Morgan fingerprint density at radius 2 is 1.50 bits per heavy atom. The minimum absolute atomic E-state index is 0.0930. The summed E-state index contributed by atoms with van der Waals surface area (Å²) in [6, 6.07) is 0. The fourth-order valence-corrected chi connectivity index (χ4v) is 2.97. The third-order valence-electron chi connectivity index (χ3n) is 1.29. The Morgan fingerprint density at radius 3 is 1.79 bits per heavy atom. The van der Waals surface area contributed by atoms with Crippen LogP contribution in [0.25, 0.3) is 0 Å². The van der Waals surface area contributed by atoms with Gasteiger partial charge in [-0.25, -0.2) is 0 Å². The van der Waals surface area contributed by atoms with Gasteiger partial charge in [0.1, 0.15) is 0 Å². The normalized spacial score (nSPS) is 14.6. The van der Waals surface area contributed by atoms with Gasteiger partial charge in [-0.3, -0.25) is 14.4 Å². The van der Waals surface area contributed by atoms with Crippen molar-refractivity contribution in [2.45, 2.75) is 31.3 Å². The van der Waals surface area contributed by atoms with Crippen molar-refractivity contribution < 1.29 is 14.4 Å². The minimum Gasteiger partial charge on any atom is -0.288 e. The Hall–Kier alpha value is -0.000000000000000111. The Bertz CT molecular complexity index is 255. The molecule has 0 aliphatic heterocycles. The molecule has 0 aliphatic rings. The van der Waals surface area contributed by atoms with Crippen molar-refractivity contribution in [2.24, 2.45) is 0 Å². The summed E-state index contributed by atoms with van der Waals surface area (Å²) in [6.07, 6.45) is 0. The molecule has 0 aromatic rings. The summed E-state index contributed by atoms with van der Waals surface area (Å²) in [5, 5.41) is -1.80. The van der Waals surface area contributed by atoms with E-state index in [0.29, 0.717) is 0 Å².